The molecule has 5 N–H and O–H groups in total. The van der Waals surface area contributed by atoms with Gasteiger partial charge in [-0.15, -0.1) is 0 Å². The molecule has 294 valence electrons. The van der Waals surface area contributed by atoms with Crippen molar-refractivity contribution in [2.45, 2.75) is 154 Å². The van der Waals surface area contributed by atoms with Crippen LogP contribution in [0.5, 0.6) is 0 Å². The van der Waals surface area contributed by atoms with Gasteiger partial charge in [0.05, 0.1) is 6.04 Å². The number of hydrogen-bond acceptors (Lipinski definition) is 6. The first-order valence-corrected chi connectivity index (χ1v) is 20.1. The number of hydrogen-bond donors (Lipinski definition) is 5. The smallest absolute Gasteiger partial charge is 0.289 e. The molecule has 1 aromatic heterocycles. The SMILES string of the molecule is CCC[C@H](NC(=O)[C@@H]1CC2CCCCC2N1C(=O)[C@@H](NC(=O)[C@@H](NC(=O)c1cc2cc(F)ccc2[nH]1)C1CCCCC1)C(C)(C)C)C(=O)C(=O)NC1CC1. The van der Waals surface area contributed by atoms with Gasteiger partial charge in [0.25, 0.3) is 11.8 Å². The van der Waals surface area contributed by atoms with Crippen LogP contribution in [0, 0.1) is 23.1 Å². The zero-order chi connectivity index (χ0) is 38.7. The zero-order valence-electron chi connectivity index (χ0n) is 32.1. The third kappa shape index (κ3) is 8.97. The maximum absolute atomic E-state index is 14.9. The molecular formula is C41H57FN6O6. The summed E-state index contributed by atoms with van der Waals surface area (Å²) in [5.74, 6) is -3.67. The lowest BCUT2D eigenvalue weighted by Gasteiger charge is -2.40. The van der Waals surface area contributed by atoms with Gasteiger partial charge in [-0.05, 0) is 92.9 Å². The fraction of sp³-hybridized carbons (Fsp3) is 0.659. The molecule has 1 aromatic carbocycles. The van der Waals surface area contributed by atoms with Gasteiger partial charge in [0.15, 0.2) is 0 Å². The standard InChI is InChI=1S/C41H57FN6O6/c1-5-11-29(34(49)39(53)43-27-17-18-27)45-37(51)32-22-24-14-9-10-15-31(24)48(32)40(54)35(41(2,3)4)47-38(52)33(23-12-7-6-8-13-23)46-36(50)30-21-25-20-26(42)16-19-28(25)44-30/h16,19-21,23-24,27,29,31-33,35,44H,5-15,17-18,22H2,1-4H3,(H,43,53)(H,45,51)(H,46,50)(H,47,52)/t24?,29-,31?,32-,33-,35+/m0/s1. The quantitative estimate of drug-likeness (QED) is 0.184. The first-order valence-electron chi connectivity index (χ1n) is 20.1. The van der Waals surface area contributed by atoms with Gasteiger partial charge in [-0.25, -0.2) is 4.39 Å². The number of amides is 5. The Morgan fingerprint density at radius 3 is 2.28 bits per heavy atom. The van der Waals surface area contributed by atoms with Crippen molar-refractivity contribution in [1.82, 2.24) is 31.2 Å². The second-order valence-electron chi connectivity index (χ2n) is 17.1. The summed E-state index contributed by atoms with van der Waals surface area (Å²) >= 11 is 0. The van der Waals surface area contributed by atoms with Gasteiger partial charge in [-0.3, -0.25) is 28.8 Å². The summed E-state index contributed by atoms with van der Waals surface area (Å²) in [6, 6.07) is 1.73. The fourth-order valence-corrected chi connectivity index (χ4v) is 8.82. The van der Waals surface area contributed by atoms with Crippen LogP contribution < -0.4 is 21.3 Å². The number of aromatic amines is 1. The topological polar surface area (TPSA) is 170 Å². The van der Waals surface area contributed by atoms with Gasteiger partial charge >= 0.3 is 0 Å². The van der Waals surface area contributed by atoms with E-state index in [9.17, 15) is 33.2 Å². The van der Waals surface area contributed by atoms with Crippen LogP contribution in [0.15, 0.2) is 24.3 Å². The molecule has 0 radical (unpaired) electrons. The molecule has 3 saturated carbocycles. The van der Waals surface area contributed by atoms with Crippen LogP contribution in [0.1, 0.15) is 128 Å². The van der Waals surface area contributed by atoms with E-state index in [4.69, 9.17) is 0 Å². The third-order valence-electron chi connectivity index (χ3n) is 11.9. The molecule has 6 atom stereocenters. The van der Waals surface area contributed by atoms with E-state index in [-0.39, 0.29) is 35.5 Å². The van der Waals surface area contributed by atoms with Gasteiger partial charge in [0.1, 0.15) is 29.6 Å². The molecule has 13 heteroatoms. The van der Waals surface area contributed by atoms with Gasteiger partial charge in [-0.2, -0.15) is 0 Å². The number of rotatable bonds is 13. The number of benzene rings is 1. The number of halogens is 1. The second kappa shape index (κ2) is 16.6. The van der Waals surface area contributed by atoms with Crippen LogP contribution in [0.3, 0.4) is 0 Å². The molecule has 1 aliphatic heterocycles. The second-order valence-corrected chi connectivity index (χ2v) is 17.1. The molecule has 0 bridgehead atoms. The van der Waals surface area contributed by atoms with E-state index in [0.29, 0.717) is 30.2 Å². The molecule has 4 aliphatic rings. The van der Waals surface area contributed by atoms with Crippen molar-refractivity contribution in [3.8, 4) is 0 Å². The molecule has 2 aromatic rings. The molecular weight excluding hydrogens is 691 g/mol. The van der Waals surface area contributed by atoms with E-state index in [1.807, 2.05) is 27.7 Å². The predicted molar refractivity (Wildman–Crippen MR) is 201 cm³/mol. The number of ketones is 1. The molecule has 4 fully saturated rings. The molecule has 0 spiro atoms. The molecule has 5 amide bonds. The Morgan fingerprint density at radius 2 is 1.59 bits per heavy atom. The lowest BCUT2D eigenvalue weighted by atomic mass is 9.81. The third-order valence-corrected chi connectivity index (χ3v) is 11.9. The Morgan fingerprint density at radius 1 is 0.889 bits per heavy atom. The maximum Gasteiger partial charge on any atom is 0.289 e. The number of aromatic nitrogens is 1. The van der Waals surface area contributed by atoms with Crippen molar-refractivity contribution in [3.05, 3.63) is 35.8 Å². The van der Waals surface area contributed by atoms with Crippen molar-refractivity contribution in [1.29, 1.82) is 0 Å². The van der Waals surface area contributed by atoms with Gasteiger partial charge in [0, 0.05) is 23.0 Å². The minimum atomic E-state index is -1.03. The highest BCUT2D eigenvalue weighted by Crippen LogP contribution is 2.41. The predicted octanol–water partition coefficient (Wildman–Crippen LogP) is 4.81. The van der Waals surface area contributed by atoms with E-state index >= 15 is 0 Å². The monoisotopic (exact) mass is 748 g/mol. The average Bonchev–Trinajstić information content (AvgIpc) is 3.71. The summed E-state index contributed by atoms with van der Waals surface area (Å²) in [4.78, 5) is 87.7. The maximum atomic E-state index is 14.9. The van der Waals surface area contributed by atoms with Crippen LogP contribution in [0.25, 0.3) is 10.9 Å². The molecule has 54 heavy (non-hydrogen) atoms. The van der Waals surface area contributed by atoms with Gasteiger partial charge in [0.2, 0.25) is 23.5 Å². The first kappa shape index (κ1) is 39.4. The highest BCUT2D eigenvalue weighted by Gasteiger charge is 2.51. The molecule has 3 aliphatic carbocycles. The highest BCUT2D eigenvalue weighted by atomic mass is 19.1. The zero-order valence-corrected chi connectivity index (χ0v) is 32.1. The van der Waals surface area contributed by atoms with Crippen LogP contribution in [-0.2, 0) is 24.0 Å². The number of H-pyrrole nitrogens is 1. The van der Waals surface area contributed by atoms with Crippen LogP contribution >= 0.6 is 0 Å². The summed E-state index contributed by atoms with van der Waals surface area (Å²) < 4.78 is 13.9. The van der Waals surface area contributed by atoms with Crippen molar-refractivity contribution < 1.29 is 33.2 Å². The Labute approximate surface area is 316 Å². The van der Waals surface area contributed by atoms with Gasteiger partial charge in [-0.1, -0.05) is 66.2 Å². The average molecular weight is 749 g/mol. The van der Waals surface area contributed by atoms with Crippen molar-refractivity contribution in [2.75, 3.05) is 0 Å². The number of nitrogens with one attached hydrogen (secondary N) is 5. The summed E-state index contributed by atoms with van der Waals surface area (Å²) in [6.45, 7) is 7.48. The molecule has 2 unspecified atom stereocenters. The normalized spacial score (nSPS) is 23.5. The molecule has 1 saturated heterocycles. The van der Waals surface area contributed by atoms with Crippen molar-refractivity contribution in [3.63, 3.8) is 0 Å². The molecule has 6 rings (SSSR count). The Kier molecular flexibility index (Phi) is 12.1. The van der Waals surface area contributed by atoms with E-state index in [0.717, 1.165) is 70.6 Å². The number of likely N-dealkylation sites (tertiary alicyclic amines) is 1. The Hall–Kier alpha value is -4.29. The molecule has 12 nitrogen and oxygen atoms in total. The summed E-state index contributed by atoms with van der Waals surface area (Å²) in [7, 11) is 0. The van der Waals surface area contributed by atoms with E-state index in [1.54, 1.807) is 17.0 Å². The van der Waals surface area contributed by atoms with Gasteiger partial charge < -0.3 is 31.2 Å². The van der Waals surface area contributed by atoms with Crippen molar-refractivity contribution >= 4 is 46.2 Å². The lowest BCUT2D eigenvalue weighted by molar-refractivity contribution is -0.147. The van der Waals surface area contributed by atoms with E-state index in [2.05, 4.69) is 26.3 Å². The van der Waals surface area contributed by atoms with E-state index in [1.165, 1.54) is 12.1 Å². The Bertz CT molecular complexity index is 1740. The summed E-state index contributed by atoms with van der Waals surface area (Å²) in [5, 5.41) is 12.1. The number of nitrogens with zero attached hydrogens (tertiary/aromatic N) is 1. The number of fused-ring (bicyclic) bond motifs is 2. The number of carbonyl (C=O) groups excluding carboxylic acids is 6. The minimum absolute atomic E-state index is 0.000567. The van der Waals surface area contributed by atoms with Crippen LogP contribution in [0.4, 0.5) is 4.39 Å². The summed E-state index contributed by atoms with van der Waals surface area (Å²) in [6.07, 6.45) is 10.8. The van der Waals surface area contributed by atoms with E-state index < -0.39 is 64.8 Å². The lowest BCUT2D eigenvalue weighted by Crippen LogP contribution is -2.63. The van der Waals surface area contributed by atoms with Crippen LogP contribution in [-0.4, -0.2) is 81.5 Å². The highest BCUT2D eigenvalue weighted by molar-refractivity contribution is 6.38. The summed E-state index contributed by atoms with van der Waals surface area (Å²) in [5.41, 5.74) is 0.0207. The molecule has 2 heterocycles. The first-order chi connectivity index (χ1) is 25.7. The fourth-order valence-electron chi connectivity index (χ4n) is 8.82. The minimum Gasteiger partial charge on any atom is -0.351 e. The largest absolute Gasteiger partial charge is 0.351 e. The Balaban J connectivity index is 1.23. The number of Topliss-reactive ketones (excluding diaryl/α,β-unsaturated/α-hetero) is 1. The van der Waals surface area contributed by atoms with Crippen LogP contribution in [0.2, 0.25) is 0 Å². The van der Waals surface area contributed by atoms with Crippen molar-refractivity contribution in [2.24, 2.45) is 17.3 Å². The number of carbonyl (C=O) groups is 6.